The Morgan fingerprint density at radius 2 is 1.86 bits per heavy atom. The predicted octanol–water partition coefficient (Wildman–Crippen LogP) is 5.34. The van der Waals surface area contributed by atoms with Crippen LogP contribution in [0.25, 0.3) is 0 Å². The first-order valence-electron chi connectivity index (χ1n) is 8.26. The normalized spacial score (nSPS) is 26.6. The molecular formula is C19H30ClN. The molecule has 1 aromatic carbocycles. The van der Waals surface area contributed by atoms with Gasteiger partial charge in [0.15, 0.2) is 0 Å². The van der Waals surface area contributed by atoms with Crippen LogP contribution < -0.4 is 0 Å². The lowest BCUT2D eigenvalue weighted by Crippen LogP contribution is -2.49. The van der Waals surface area contributed by atoms with Crippen molar-refractivity contribution in [2.24, 2.45) is 11.8 Å². The predicted molar refractivity (Wildman–Crippen MR) is 93.1 cm³/mol. The maximum Gasteiger partial charge on any atom is 0.0437 e. The van der Waals surface area contributed by atoms with E-state index in [0.717, 1.165) is 23.3 Å². The molecule has 0 saturated heterocycles. The summed E-state index contributed by atoms with van der Waals surface area (Å²) in [6.45, 7) is 6.81. The van der Waals surface area contributed by atoms with Gasteiger partial charge in [-0.3, -0.25) is 0 Å². The van der Waals surface area contributed by atoms with Crippen molar-refractivity contribution in [3.63, 3.8) is 0 Å². The third kappa shape index (κ3) is 3.81. The Morgan fingerprint density at radius 1 is 1.24 bits per heavy atom. The van der Waals surface area contributed by atoms with Crippen LogP contribution in [0.2, 0.25) is 5.02 Å². The van der Waals surface area contributed by atoms with Crippen molar-refractivity contribution in [1.82, 2.24) is 4.90 Å². The molecule has 1 aromatic rings. The van der Waals surface area contributed by atoms with Crippen molar-refractivity contribution in [3.8, 4) is 0 Å². The summed E-state index contributed by atoms with van der Waals surface area (Å²) in [4.78, 5) is 2.46. The fraction of sp³-hybridized carbons (Fsp3) is 0.684. The molecule has 1 aliphatic rings. The van der Waals surface area contributed by atoms with E-state index in [2.05, 4.69) is 58.0 Å². The highest BCUT2D eigenvalue weighted by Gasteiger charge is 2.37. The van der Waals surface area contributed by atoms with Crippen molar-refractivity contribution in [3.05, 3.63) is 34.3 Å². The third-order valence-electron chi connectivity index (χ3n) is 5.62. The molecule has 0 radical (unpaired) electrons. The first kappa shape index (κ1) is 16.8. The van der Waals surface area contributed by atoms with Gasteiger partial charge >= 0.3 is 0 Å². The molecule has 0 amide bonds. The van der Waals surface area contributed by atoms with Gasteiger partial charge in [0, 0.05) is 10.6 Å². The SMILES string of the molecule is Cc1ccc(CC2(N(C)C)CCC(C(C)C)CC2)cc1Cl. The fourth-order valence-electron chi connectivity index (χ4n) is 3.75. The van der Waals surface area contributed by atoms with Crippen LogP contribution in [0, 0.1) is 18.8 Å². The van der Waals surface area contributed by atoms with Crippen molar-refractivity contribution in [2.45, 2.75) is 58.4 Å². The number of benzene rings is 1. The van der Waals surface area contributed by atoms with E-state index in [-0.39, 0.29) is 0 Å². The summed E-state index contributed by atoms with van der Waals surface area (Å²) >= 11 is 6.31. The first-order chi connectivity index (χ1) is 9.84. The molecule has 1 saturated carbocycles. The minimum absolute atomic E-state index is 0.310. The standard InChI is InChI=1S/C19H30ClN/c1-14(2)17-8-10-19(11-9-17,21(4)5)13-16-7-6-15(3)18(20)12-16/h6-7,12,14,17H,8-11,13H2,1-5H3. The quantitative estimate of drug-likeness (QED) is 0.726. The minimum Gasteiger partial charge on any atom is -0.303 e. The van der Waals surface area contributed by atoms with Gasteiger partial charge in [0.25, 0.3) is 0 Å². The van der Waals surface area contributed by atoms with E-state index in [1.54, 1.807) is 0 Å². The summed E-state index contributed by atoms with van der Waals surface area (Å²) in [6, 6.07) is 6.57. The number of nitrogens with zero attached hydrogens (tertiary/aromatic N) is 1. The van der Waals surface area contributed by atoms with Gasteiger partial charge in [-0.2, -0.15) is 0 Å². The maximum atomic E-state index is 6.31. The summed E-state index contributed by atoms with van der Waals surface area (Å²) in [6.07, 6.45) is 6.43. The van der Waals surface area contributed by atoms with Crippen LogP contribution >= 0.6 is 11.6 Å². The lowest BCUT2D eigenvalue weighted by molar-refractivity contribution is 0.0683. The number of likely N-dealkylation sites (N-methyl/N-ethyl adjacent to an activating group) is 1. The lowest BCUT2D eigenvalue weighted by atomic mass is 9.70. The highest BCUT2D eigenvalue weighted by molar-refractivity contribution is 6.31. The molecule has 0 unspecified atom stereocenters. The smallest absolute Gasteiger partial charge is 0.0437 e. The molecule has 1 fully saturated rings. The second kappa shape index (κ2) is 6.71. The Morgan fingerprint density at radius 3 is 2.33 bits per heavy atom. The summed E-state index contributed by atoms with van der Waals surface area (Å²) in [5.41, 5.74) is 2.86. The molecule has 1 nitrogen and oxygen atoms in total. The number of halogens is 1. The summed E-state index contributed by atoms with van der Waals surface area (Å²) < 4.78 is 0. The fourth-order valence-corrected chi connectivity index (χ4v) is 3.96. The van der Waals surface area contributed by atoms with Gasteiger partial charge in [-0.1, -0.05) is 37.6 Å². The minimum atomic E-state index is 0.310. The average molecular weight is 308 g/mol. The molecule has 0 aliphatic heterocycles. The Hall–Kier alpha value is -0.530. The third-order valence-corrected chi connectivity index (χ3v) is 6.03. The Kier molecular flexibility index (Phi) is 5.38. The van der Waals surface area contributed by atoms with E-state index in [0.29, 0.717) is 5.54 Å². The molecule has 118 valence electrons. The molecule has 2 heteroatoms. The summed E-state index contributed by atoms with van der Waals surface area (Å²) in [5.74, 6) is 1.72. The van der Waals surface area contributed by atoms with Gasteiger partial charge in [0.1, 0.15) is 0 Å². The number of aryl methyl sites for hydroxylation is 1. The zero-order chi connectivity index (χ0) is 15.6. The van der Waals surface area contributed by atoms with E-state index < -0.39 is 0 Å². The Labute approximate surface area is 135 Å². The molecule has 0 N–H and O–H groups in total. The van der Waals surface area contributed by atoms with Crippen LogP contribution in [0.4, 0.5) is 0 Å². The number of hydrogen-bond acceptors (Lipinski definition) is 1. The zero-order valence-corrected chi connectivity index (χ0v) is 15.0. The van der Waals surface area contributed by atoms with Crippen LogP contribution in [0.1, 0.15) is 50.7 Å². The van der Waals surface area contributed by atoms with Crippen LogP contribution in [-0.4, -0.2) is 24.5 Å². The molecule has 0 spiro atoms. The molecule has 1 aliphatic carbocycles. The average Bonchev–Trinajstić information content (AvgIpc) is 2.43. The van der Waals surface area contributed by atoms with E-state index in [1.807, 2.05) is 0 Å². The summed E-state index contributed by atoms with van der Waals surface area (Å²) in [7, 11) is 4.48. The van der Waals surface area contributed by atoms with Gasteiger partial charge in [-0.15, -0.1) is 0 Å². The molecule has 0 aromatic heterocycles. The largest absolute Gasteiger partial charge is 0.303 e. The molecular weight excluding hydrogens is 278 g/mol. The molecule has 0 atom stereocenters. The van der Waals surface area contributed by atoms with Crippen LogP contribution in [0.3, 0.4) is 0 Å². The number of rotatable bonds is 4. The van der Waals surface area contributed by atoms with Crippen LogP contribution in [0.5, 0.6) is 0 Å². The molecule has 0 bridgehead atoms. The molecule has 2 rings (SSSR count). The van der Waals surface area contributed by atoms with Gasteiger partial charge < -0.3 is 4.90 Å². The van der Waals surface area contributed by atoms with Gasteiger partial charge in [-0.25, -0.2) is 0 Å². The van der Waals surface area contributed by atoms with E-state index in [9.17, 15) is 0 Å². The Balaban J connectivity index is 2.14. The maximum absolute atomic E-state index is 6.31. The monoisotopic (exact) mass is 307 g/mol. The lowest BCUT2D eigenvalue weighted by Gasteiger charge is -2.46. The zero-order valence-electron chi connectivity index (χ0n) is 14.2. The second-order valence-corrected chi connectivity index (χ2v) is 7.87. The van der Waals surface area contributed by atoms with Crippen molar-refractivity contribution in [1.29, 1.82) is 0 Å². The second-order valence-electron chi connectivity index (χ2n) is 7.46. The van der Waals surface area contributed by atoms with Crippen LogP contribution in [-0.2, 0) is 6.42 Å². The summed E-state index contributed by atoms with van der Waals surface area (Å²) in [5, 5.41) is 0.900. The first-order valence-corrected chi connectivity index (χ1v) is 8.64. The van der Waals surface area contributed by atoms with E-state index in [4.69, 9.17) is 11.6 Å². The Bertz CT molecular complexity index is 470. The topological polar surface area (TPSA) is 3.24 Å². The van der Waals surface area contributed by atoms with Crippen molar-refractivity contribution in [2.75, 3.05) is 14.1 Å². The molecule has 21 heavy (non-hydrogen) atoms. The van der Waals surface area contributed by atoms with Crippen LogP contribution in [0.15, 0.2) is 18.2 Å². The van der Waals surface area contributed by atoms with Gasteiger partial charge in [0.05, 0.1) is 0 Å². The van der Waals surface area contributed by atoms with Crippen molar-refractivity contribution >= 4 is 11.6 Å². The number of hydrogen-bond donors (Lipinski definition) is 0. The van der Waals surface area contributed by atoms with Gasteiger partial charge in [-0.05, 0) is 82.2 Å². The van der Waals surface area contributed by atoms with Crippen molar-refractivity contribution < 1.29 is 0 Å². The molecule has 0 heterocycles. The van der Waals surface area contributed by atoms with E-state index in [1.165, 1.54) is 36.8 Å². The van der Waals surface area contributed by atoms with Gasteiger partial charge in [0.2, 0.25) is 0 Å². The highest BCUT2D eigenvalue weighted by Crippen LogP contribution is 2.40. The highest BCUT2D eigenvalue weighted by atomic mass is 35.5. The van der Waals surface area contributed by atoms with E-state index >= 15 is 0 Å².